The van der Waals surface area contributed by atoms with E-state index < -0.39 is 0 Å². The van der Waals surface area contributed by atoms with Gasteiger partial charge in [-0.2, -0.15) is 0 Å². The molecule has 2 aromatic carbocycles. The van der Waals surface area contributed by atoms with Gasteiger partial charge in [-0.15, -0.1) is 0 Å². The lowest BCUT2D eigenvalue weighted by Gasteiger charge is -2.20. The van der Waals surface area contributed by atoms with Crippen LogP contribution in [0, 0.1) is 5.82 Å². The third-order valence-electron chi connectivity index (χ3n) is 4.06. The van der Waals surface area contributed by atoms with Crippen LogP contribution in [0.1, 0.15) is 18.0 Å². The van der Waals surface area contributed by atoms with Gasteiger partial charge in [-0.05, 0) is 48.0 Å². The Labute approximate surface area is 156 Å². The molecule has 1 amide bonds. The van der Waals surface area contributed by atoms with E-state index >= 15 is 0 Å². The minimum Gasteiger partial charge on any atom is -0.495 e. The maximum absolute atomic E-state index is 13.3. The molecule has 0 saturated heterocycles. The normalized spacial score (nSPS) is 11.8. The summed E-state index contributed by atoms with van der Waals surface area (Å²) >= 11 is 6.01. The molecular formula is C20H18ClFN2O2. The summed E-state index contributed by atoms with van der Waals surface area (Å²) in [6.45, 7) is 0. The van der Waals surface area contributed by atoms with E-state index in [1.807, 2.05) is 29.1 Å². The van der Waals surface area contributed by atoms with E-state index in [9.17, 15) is 9.18 Å². The Kier molecular flexibility index (Phi) is 5.58. The number of hydrogen-bond donors (Lipinski definition) is 1. The van der Waals surface area contributed by atoms with Crippen LogP contribution in [0.2, 0.25) is 5.02 Å². The predicted molar refractivity (Wildman–Crippen MR) is 100 cm³/mol. The van der Waals surface area contributed by atoms with Gasteiger partial charge >= 0.3 is 0 Å². The van der Waals surface area contributed by atoms with Crippen molar-refractivity contribution in [1.82, 2.24) is 4.57 Å². The number of benzene rings is 2. The summed E-state index contributed by atoms with van der Waals surface area (Å²) in [6, 6.07) is 14.7. The lowest BCUT2D eigenvalue weighted by molar-refractivity contribution is -0.116. The fourth-order valence-corrected chi connectivity index (χ4v) is 2.96. The number of nitrogens with one attached hydrogen (secondary N) is 1. The van der Waals surface area contributed by atoms with Crippen LogP contribution in [0.4, 0.5) is 10.1 Å². The van der Waals surface area contributed by atoms with Crippen LogP contribution in [0.15, 0.2) is 67.0 Å². The highest BCUT2D eigenvalue weighted by atomic mass is 35.5. The van der Waals surface area contributed by atoms with Crippen molar-refractivity contribution in [2.24, 2.45) is 0 Å². The largest absolute Gasteiger partial charge is 0.495 e. The molecule has 0 aliphatic heterocycles. The van der Waals surface area contributed by atoms with E-state index in [4.69, 9.17) is 16.3 Å². The van der Waals surface area contributed by atoms with Gasteiger partial charge in [-0.1, -0.05) is 23.7 Å². The molecule has 1 aromatic heterocycles. The molecule has 3 aromatic rings. The zero-order valence-electron chi connectivity index (χ0n) is 14.2. The highest BCUT2D eigenvalue weighted by Crippen LogP contribution is 2.29. The van der Waals surface area contributed by atoms with Gasteiger partial charge in [0.05, 0.1) is 25.3 Å². The number of carbonyl (C=O) groups excluding carboxylic acids is 1. The number of methoxy groups -OCH3 is 1. The van der Waals surface area contributed by atoms with Crippen LogP contribution in [-0.2, 0) is 4.79 Å². The topological polar surface area (TPSA) is 43.3 Å². The fourth-order valence-electron chi connectivity index (χ4n) is 2.79. The van der Waals surface area contributed by atoms with Gasteiger partial charge in [0.2, 0.25) is 5.91 Å². The van der Waals surface area contributed by atoms with Gasteiger partial charge in [-0.3, -0.25) is 4.79 Å². The third-order valence-corrected chi connectivity index (χ3v) is 4.29. The Hall–Kier alpha value is -2.79. The summed E-state index contributed by atoms with van der Waals surface area (Å²) in [5.74, 6) is 0.0174. The van der Waals surface area contributed by atoms with Crippen molar-refractivity contribution in [3.63, 3.8) is 0 Å². The summed E-state index contributed by atoms with van der Waals surface area (Å²) in [6.07, 6.45) is 3.93. The molecule has 1 heterocycles. The average Bonchev–Trinajstić information content (AvgIpc) is 3.15. The van der Waals surface area contributed by atoms with E-state index in [1.54, 1.807) is 30.3 Å². The van der Waals surface area contributed by atoms with Crippen molar-refractivity contribution in [1.29, 1.82) is 0 Å². The van der Waals surface area contributed by atoms with Crippen LogP contribution < -0.4 is 10.1 Å². The lowest BCUT2D eigenvalue weighted by Crippen LogP contribution is -2.20. The van der Waals surface area contributed by atoms with Gasteiger partial charge in [-0.25, -0.2) is 4.39 Å². The first kappa shape index (κ1) is 18.0. The molecule has 1 N–H and O–H groups in total. The molecule has 0 aliphatic carbocycles. The minimum atomic E-state index is -0.312. The smallest absolute Gasteiger partial charge is 0.226 e. The summed E-state index contributed by atoms with van der Waals surface area (Å²) in [5.41, 5.74) is 1.35. The number of hydrogen-bond acceptors (Lipinski definition) is 2. The van der Waals surface area contributed by atoms with Gasteiger partial charge in [0.25, 0.3) is 0 Å². The molecular weight excluding hydrogens is 355 g/mol. The first-order chi connectivity index (χ1) is 12.6. The number of rotatable bonds is 6. The highest BCUT2D eigenvalue weighted by molar-refractivity contribution is 6.31. The Morgan fingerprint density at radius 1 is 1.19 bits per heavy atom. The Morgan fingerprint density at radius 2 is 1.88 bits per heavy atom. The first-order valence-electron chi connectivity index (χ1n) is 8.08. The van der Waals surface area contributed by atoms with Crippen molar-refractivity contribution < 1.29 is 13.9 Å². The Morgan fingerprint density at radius 3 is 2.54 bits per heavy atom. The number of carbonyl (C=O) groups is 1. The van der Waals surface area contributed by atoms with Crippen LogP contribution in [0.25, 0.3) is 0 Å². The molecule has 1 atom stereocenters. The molecule has 3 rings (SSSR count). The second-order valence-corrected chi connectivity index (χ2v) is 6.23. The molecule has 6 heteroatoms. The van der Waals surface area contributed by atoms with E-state index in [1.165, 1.54) is 19.2 Å². The number of nitrogens with zero attached hydrogens (tertiary/aromatic N) is 1. The maximum Gasteiger partial charge on any atom is 0.226 e. The van der Waals surface area contributed by atoms with Crippen molar-refractivity contribution in [2.75, 3.05) is 12.4 Å². The SMILES string of the molecule is COc1ccc(Cl)cc1NC(=O)C[C@@H](c1ccc(F)cc1)n1cccc1. The highest BCUT2D eigenvalue weighted by Gasteiger charge is 2.18. The monoisotopic (exact) mass is 372 g/mol. The first-order valence-corrected chi connectivity index (χ1v) is 8.46. The number of ether oxygens (including phenoxy) is 1. The summed E-state index contributed by atoms with van der Waals surface area (Å²) in [5, 5.41) is 3.34. The quantitative estimate of drug-likeness (QED) is 0.668. The van der Waals surface area contributed by atoms with E-state index in [2.05, 4.69) is 5.32 Å². The van der Waals surface area contributed by atoms with Crippen molar-refractivity contribution >= 4 is 23.2 Å². The Balaban J connectivity index is 1.82. The van der Waals surface area contributed by atoms with Crippen LogP contribution in [0.3, 0.4) is 0 Å². The van der Waals surface area contributed by atoms with Crippen molar-refractivity contribution in [3.05, 3.63) is 83.4 Å². The van der Waals surface area contributed by atoms with Crippen molar-refractivity contribution in [3.8, 4) is 5.75 Å². The summed E-state index contributed by atoms with van der Waals surface area (Å²) < 4.78 is 20.4. The van der Waals surface area contributed by atoms with Gasteiger partial charge < -0.3 is 14.6 Å². The third kappa shape index (κ3) is 4.24. The van der Waals surface area contributed by atoms with Crippen LogP contribution in [-0.4, -0.2) is 17.6 Å². The minimum absolute atomic E-state index is 0.177. The fraction of sp³-hybridized carbons (Fsp3) is 0.150. The molecule has 0 spiro atoms. The summed E-state index contributed by atoms with van der Waals surface area (Å²) in [4.78, 5) is 12.6. The molecule has 0 unspecified atom stereocenters. The van der Waals surface area contributed by atoms with Gasteiger partial charge in [0, 0.05) is 17.4 Å². The van der Waals surface area contributed by atoms with Crippen LogP contribution >= 0.6 is 11.6 Å². The second-order valence-electron chi connectivity index (χ2n) is 5.79. The molecule has 0 radical (unpaired) electrons. The standard InChI is InChI=1S/C20H18ClFN2O2/c1-26-19-9-6-15(21)12-17(19)23-20(25)13-18(24-10-2-3-11-24)14-4-7-16(22)8-5-14/h2-12,18H,13H2,1H3,(H,23,25)/t18-/m0/s1. The second kappa shape index (κ2) is 8.06. The van der Waals surface area contributed by atoms with Gasteiger partial charge in [0.1, 0.15) is 11.6 Å². The van der Waals surface area contributed by atoms with E-state index in [0.717, 1.165) is 5.56 Å². The van der Waals surface area contributed by atoms with E-state index in [0.29, 0.717) is 16.5 Å². The molecule has 0 bridgehead atoms. The lowest BCUT2D eigenvalue weighted by atomic mass is 10.0. The number of aromatic nitrogens is 1. The van der Waals surface area contributed by atoms with Gasteiger partial charge in [0.15, 0.2) is 0 Å². The Bertz CT molecular complexity index is 879. The maximum atomic E-state index is 13.3. The molecule has 0 saturated carbocycles. The molecule has 4 nitrogen and oxygen atoms in total. The predicted octanol–water partition coefficient (Wildman–Crippen LogP) is 4.91. The summed E-state index contributed by atoms with van der Waals surface area (Å²) in [7, 11) is 1.53. The number of amides is 1. The molecule has 0 fully saturated rings. The van der Waals surface area contributed by atoms with Crippen molar-refractivity contribution in [2.45, 2.75) is 12.5 Å². The molecule has 26 heavy (non-hydrogen) atoms. The zero-order chi connectivity index (χ0) is 18.5. The number of halogens is 2. The average molecular weight is 373 g/mol. The molecule has 0 aliphatic rings. The van der Waals surface area contributed by atoms with Crippen LogP contribution in [0.5, 0.6) is 5.75 Å². The molecule has 134 valence electrons. The zero-order valence-corrected chi connectivity index (χ0v) is 14.9. The van der Waals surface area contributed by atoms with E-state index in [-0.39, 0.29) is 24.2 Å². The number of anilines is 1.